The Kier molecular flexibility index (Phi) is 6.62. The van der Waals surface area contributed by atoms with E-state index in [1.165, 1.54) is 0 Å². The molecule has 1 saturated carbocycles. The van der Waals surface area contributed by atoms with Crippen LogP contribution in [0.25, 0.3) is 0 Å². The molecule has 0 heterocycles. The molecule has 1 rings (SSSR count). The topological polar surface area (TPSA) is 54.3 Å². The normalized spacial score (nSPS) is 29.1. The fourth-order valence-electron chi connectivity index (χ4n) is 2.43. The smallest absolute Gasteiger partial charge is 0.109 e. The van der Waals surface area contributed by atoms with Crippen molar-refractivity contribution < 1.29 is 9.47 Å². The Hall–Kier alpha value is -0.630. The lowest BCUT2D eigenvalue weighted by Gasteiger charge is -2.23. The van der Waals surface area contributed by atoms with Crippen LogP contribution in [0, 0.1) is 11.3 Å². The summed E-state index contributed by atoms with van der Waals surface area (Å²) in [5.74, 6) is 0. The van der Waals surface area contributed by atoms with E-state index in [1.807, 2.05) is 13.8 Å². The molecule has 3 unspecified atom stereocenters. The van der Waals surface area contributed by atoms with Gasteiger partial charge in [-0.15, -0.1) is 0 Å². The lowest BCUT2D eigenvalue weighted by molar-refractivity contribution is -0.0447. The van der Waals surface area contributed by atoms with Gasteiger partial charge in [0.25, 0.3) is 0 Å². The summed E-state index contributed by atoms with van der Waals surface area (Å²) in [4.78, 5) is 0. The molecule has 0 aromatic heterocycles. The maximum atomic E-state index is 9.34. The summed E-state index contributed by atoms with van der Waals surface area (Å²) in [7, 11) is 0. The van der Waals surface area contributed by atoms with E-state index in [4.69, 9.17) is 9.47 Å². The van der Waals surface area contributed by atoms with Crippen LogP contribution >= 0.6 is 0 Å². The van der Waals surface area contributed by atoms with E-state index in [0.29, 0.717) is 6.61 Å². The lowest BCUT2D eigenvalue weighted by Crippen LogP contribution is -2.42. The van der Waals surface area contributed by atoms with Gasteiger partial charge in [0, 0.05) is 13.0 Å². The van der Waals surface area contributed by atoms with Gasteiger partial charge in [0.2, 0.25) is 0 Å². The molecular weight excluding hydrogens is 228 g/mol. The number of nitrogens with one attached hydrogen (secondary N) is 1. The van der Waals surface area contributed by atoms with Crippen LogP contribution in [0.5, 0.6) is 0 Å². The van der Waals surface area contributed by atoms with Crippen LogP contribution in [-0.2, 0) is 9.47 Å². The van der Waals surface area contributed by atoms with Crippen molar-refractivity contribution in [3.8, 4) is 6.07 Å². The Morgan fingerprint density at radius 2 is 2.28 bits per heavy atom. The first kappa shape index (κ1) is 15.4. The monoisotopic (exact) mass is 254 g/mol. The van der Waals surface area contributed by atoms with Gasteiger partial charge in [-0.1, -0.05) is 6.92 Å². The molecule has 0 saturated heterocycles. The van der Waals surface area contributed by atoms with Gasteiger partial charge >= 0.3 is 0 Å². The first-order valence-electron chi connectivity index (χ1n) is 7.05. The molecule has 1 aliphatic carbocycles. The molecule has 1 N–H and O–H groups in total. The second-order valence-corrected chi connectivity index (χ2v) is 5.09. The van der Waals surface area contributed by atoms with Crippen molar-refractivity contribution >= 4 is 0 Å². The van der Waals surface area contributed by atoms with E-state index >= 15 is 0 Å². The average Bonchev–Trinajstić information content (AvgIpc) is 2.78. The van der Waals surface area contributed by atoms with Crippen molar-refractivity contribution in [2.75, 3.05) is 19.8 Å². The summed E-state index contributed by atoms with van der Waals surface area (Å²) in [5.41, 5.74) is -0.369. The zero-order valence-corrected chi connectivity index (χ0v) is 11.9. The molecule has 18 heavy (non-hydrogen) atoms. The molecule has 0 aromatic carbocycles. The lowest BCUT2D eigenvalue weighted by atomic mass is 9.99. The highest BCUT2D eigenvalue weighted by atomic mass is 16.5. The minimum absolute atomic E-state index is 0.107. The third kappa shape index (κ3) is 4.56. The number of ether oxygens (including phenoxy) is 2. The van der Waals surface area contributed by atoms with Crippen LogP contribution in [0.1, 0.15) is 46.5 Å². The van der Waals surface area contributed by atoms with Crippen molar-refractivity contribution in [1.29, 1.82) is 5.26 Å². The molecule has 4 nitrogen and oxygen atoms in total. The van der Waals surface area contributed by atoms with Crippen LogP contribution in [0.4, 0.5) is 0 Å². The van der Waals surface area contributed by atoms with Crippen LogP contribution in [-0.4, -0.2) is 37.5 Å². The van der Waals surface area contributed by atoms with Gasteiger partial charge in [-0.2, -0.15) is 5.26 Å². The van der Waals surface area contributed by atoms with Gasteiger partial charge in [-0.05, 0) is 39.7 Å². The average molecular weight is 254 g/mol. The largest absolute Gasteiger partial charge is 0.379 e. The van der Waals surface area contributed by atoms with Crippen molar-refractivity contribution in [3.05, 3.63) is 0 Å². The summed E-state index contributed by atoms with van der Waals surface area (Å²) in [6.45, 7) is 8.38. The first-order chi connectivity index (χ1) is 8.65. The molecular formula is C14H26N2O2. The SMILES string of the molecule is CCCNC1(C#N)CCC(OC(C)COCC)C1. The molecule has 1 aliphatic rings. The second kappa shape index (κ2) is 7.73. The molecule has 0 bridgehead atoms. The molecule has 0 radical (unpaired) electrons. The minimum Gasteiger partial charge on any atom is -0.379 e. The van der Waals surface area contributed by atoms with Crippen molar-refractivity contribution in [2.24, 2.45) is 0 Å². The molecule has 0 spiro atoms. The van der Waals surface area contributed by atoms with Gasteiger partial charge < -0.3 is 9.47 Å². The highest BCUT2D eigenvalue weighted by Gasteiger charge is 2.39. The Balaban J connectivity index is 2.37. The third-order valence-corrected chi connectivity index (χ3v) is 3.38. The highest BCUT2D eigenvalue weighted by molar-refractivity contribution is 5.12. The third-order valence-electron chi connectivity index (χ3n) is 3.38. The summed E-state index contributed by atoms with van der Waals surface area (Å²) >= 11 is 0. The molecule has 0 aliphatic heterocycles. The maximum Gasteiger partial charge on any atom is 0.109 e. The number of rotatable bonds is 8. The maximum absolute atomic E-state index is 9.34. The van der Waals surface area contributed by atoms with Crippen LogP contribution in [0.3, 0.4) is 0 Å². The summed E-state index contributed by atoms with van der Waals surface area (Å²) in [6.07, 6.45) is 3.98. The van der Waals surface area contributed by atoms with Gasteiger partial charge in [-0.25, -0.2) is 0 Å². The summed E-state index contributed by atoms with van der Waals surface area (Å²) in [6, 6.07) is 2.44. The van der Waals surface area contributed by atoms with Gasteiger partial charge in [0.1, 0.15) is 5.54 Å². The van der Waals surface area contributed by atoms with Crippen LogP contribution in [0.2, 0.25) is 0 Å². The predicted octanol–water partition coefficient (Wildman–Crippen LogP) is 2.24. The first-order valence-corrected chi connectivity index (χ1v) is 7.05. The molecule has 104 valence electrons. The van der Waals surface area contributed by atoms with E-state index in [-0.39, 0.29) is 17.7 Å². The van der Waals surface area contributed by atoms with E-state index in [9.17, 15) is 5.26 Å². The van der Waals surface area contributed by atoms with Crippen molar-refractivity contribution in [1.82, 2.24) is 5.32 Å². The van der Waals surface area contributed by atoms with E-state index in [0.717, 1.165) is 38.8 Å². The van der Waals surface area contributed by atoms with Crippen LogP contribution in [0.15, 0.2) is 0 Å². The number of hydrogen-bond donors (Lipinski definition) is 1. The van der Waals surface area contributed by atoms with E-state index < -0.39 is 0 Å². The van der Waals surface area contributed by atoms with Crippen molar-refractivity contribution in [2.45, 2.75) is 64.2 Å². The number of nitriles is 1. The molecule has 0 aromatic rings. The molecule has 3 atom stereocenters. The standard InChI is InChI=1S/C14H26N2O2/c1-4-8-16-14(11-15)7-6-13(9-14)18-12(3)10-17-5-2/h12-13,16H,4-10H2,1-3H3. The quantitative estimate of drug-likeness (QED) is 0.722. The summed E-state index contributed by atoms with van der Waals surface area (Å²) in [5, 5.41) is 12.7. The second-order valence-electron chi connectivity index (χ2n) is 5.09. The zero-order chi connectivity index (χ0) is 13.4. The van der Waals surface area contributed by atoms with E-state index in [2.05, 4.69) is 18.3 Å². The Labute approximate surface area is 111 Å². The summed E-state index contributed by atoms with van der Waals surface area (Å²) < 4.78 is 11.3. The highest BCUT2D eigenvalue weighted by Crippen LogP contribution is 2.32. The van der Waals surface area contributed by atoms with Crippen molar-refractivity contribution in [3.63, 3.8) is 0 Å². The minimum atomic E-state index is -0.369. The molecule has 0 amide bonds. The fourth-order valence-corrected chi connectivity index (χ4v) is 2.43. The Bertz CT molecular complexity index is 277. The fraction of sp³-hybridized carbons (Fsp3) is 0.929. The zero-order valence-electron chi connectivity index (χ0n) is 11.9. The predicted molar refractivity (Wildman–Crippen MR) is 71.3 cm³/mol. The van der Waals surface area contributed by atoms with Gasteiger partial charge in [-0.3, -0.25) is 5.32 Å². The Morgan fingerprint density at radius 1 is 1.50 bits per heavy atom. The molecule has 4 heteroatoms. The molecule has 1 fully saturated rings. The number of hydrogen-bond acceptors (Lipinski definition) is 4. The van der Waals surface area contributed by atoms with E-state index in [1.54, 1.807) is 0 Å². The van der Waals surface area contributed by atoms with Gasteiger partial charge in [0.15, 0.2) is 0 Å². The number of nitrogens with zero attached hydrogens (tertiary/aromatic N) is 1. The van der Waals surface area contributed by atoms with Crippen LogP contribution < -0.4 is 5.32 Å². The Morgan fingerprint density at radius 3 is 2.89 bits per heavy atom. The van der Waals surface area contributed by atoms with Gasteiger partial charge in [0.05, 0.1) is 24.9 Å².